The fraction of sp³-hybridized carbons (Fsp3) is 0.125. The van der Waals surface area contributed by atoms with E-state index in [1.54, 1.807) is 5.56 Å². The molecule has 2 heterocycles. The Kier molecular flexibility index (Phi) is 9.97. The largest absolute Gasteiger partial charge is 0.309 e. The smallest absolute Gasteiger partial charge is 0.0541 e. The van der Waals surface area contributed by atoms with E-state index in [1.165, 1.54) is 129 Å². The Morgan fingerprint density at radius 3 is 2.03 bits per heavy atom. The first-order chi connectivity index (χ1) is 33.3. The van der Waals surface area contributed by atoms with Crippen molar-refractivity contribution in [3.05, 3.63) is 228 Å². The van der Waals surface area contributed by atoms with E-state index in [2.05, 4.69) is 222 Å². The average molecular weight is 879 g/mol. The minimum atomic E-state index is 0.602. The molecule has 2 aliphatic rings. The molecule has 0 amide bonds. The molecule has 0 radical (unpaired) electrons. The topological polar surface area (TPSA) is 8.17 Å². The Morgan fingerprint density at radius 2 is 1.15 bits per heavy atom. The van der Waals surface area contributed by atoms with Crippen LogP contribution in [0, 0.1) is 0 Å². The van der Waals surface area contributed by atoms with E-state index in [4.69, 9.17) is 0 Å². The SMILES string of the molecule is C1=c2cccc(C3CCCCC3)c2=C(c2ccccc2N(c2cccc(-c3cccc4c3sc3ccccc34)c2)c2ccccc2-c2ccc3c(c2)c2ccccc2n3-c2ccccc2)CC1. The highest BCUT2D eigenvalue weighted by Gasteiger charge is 2.25. The van der Waals surface area contributed by atoms with E-state index in [9.17, 15) is 0 Å². The van der Waals surface area contributed by atoms with Gasteiger partial charge in [-0.25, -0.2) is 0 Å². The van der Waals surface area contributed by atoms with E-state index in [-0.39, 0.29) is 0 Å². The molecule has 67 heavy (non-hydrogen) atoms. The van der Waals surface area contributed by atoms with Gasteiger partial charge < -0.3 is 9.47 Å². The third kappa shape index (κ3) is 6.83. The molecule has 2 aliphatic carbocycles. The highest BCUT2D eigenvalue weighted by atomic mass is 32.1. The summed E-state index contributed by atoms with van der Waals surface area (Å²) in [6, 6.07) is 77.2. The van der Waals surface area contributed by atoms with Crippen molar-refractivity contribution >= 4 is 82.0 Å². The second-order valence-corrected chi connectivity index (χ2v) is 19.5. The van der Waals surface area contributed by atoms with Crippen molar-refractivity contribution < 1.29 is 0 Å². The van der Waals surface area contributed by atoms with Crippen molar-refractivity contribution in [1.82, 2.24) is 4.57 Å². The fourth-order valence-electron chi connectivity index (χ4n) is 11.7. The van der Waals surface area contributed by atoms with Crippen LogP contribution in [0.4, 0.5) is 17.1 Å². The molecular weight excluding hydrogens is 829 g/mol. The molecule has 0 saturated heterocycles. The van der Waals surface area contributed by atoms with Crippen molar-refractivity contribution in [2.75, 3.05) is 4.90 Å². The lowest BCUT2D eigenvalue weighted by Gasteiger charge is -2.31. The fourth-order valence-corrected chi connectivity index (χ4v) is 12.9. The van der Waals surface area contributed by atoms with Crippen LogP contribution in [0.5, 0.6) is 0 Å². The highest BCUT2D eigenvalue weighted by Crippen LogP contribution is 2.47. The molecule has 2 nitrogen and oxygen atoms in total. The molecule has 13 rings (SSSR count). The monoisotopic (exact) mass is 878 g/mol. The van der Waals surface area contributed by atoms with Crippen LogP contribution < -0.4 is 15.3 Å². The van der Waals surface area contributed by atoms with Crippen molar-refractivity contribution in [3.8, 4) is 27.9 Å². The summed E-state index contributed by atoms with van der Waals surface area (Å²) in [7, 11) is 0. The number of rotatable bonds is 8. The van der Waals surface area contributed by atoms with Crippen molar-refractivity contribution in [3.63, 3.8) is 0 Å². The molecule has 11 aromatic rings. The summed E-state index contributed by atoms with van der Waals surface area (Å²) in [5.74, 6) is 0.602. The van der Waals surface area contributed by atoms with E-state index >= 15 is 0 Å². The Balaban J connectivity index is 1.05. The van der Waals surface area contributed by atoms with Crippen LogP contribution in [0.3, 0.4) is 0 Å². The lowest BCUT2D eigenvalue weighted by atomic mass is 9.80. The first kappa shape index (κ1) is 39.9. The molecule has 1 saturated carbocycles. The van der Waals surface area contributed by atoms with E-state index in [1.807, 2.05) is 11.3 Å². The van der Waals surface area contributed by atoms with Gasteiger partial charge in [0.25, 0.3) is 0 Å². The maximum absolute atomic E-state index is 2.57. The van der Waals surface area contributed by atoms with Gasteiger partial charge in [0.05, 0.1) is 22.4 Å². The predicted octanol–water partition coefficient (Wildman–Crippen LogP) is 16.8. The number of hydrogen-bond acceptors (Lipinski definition) is 2. The third-order valence-corrected chi connectivity index (χ3v) is 15.9. The maximum Gasteiger partial charge on any atom is 0.0541 e. The summed E-state index contributed by atoms with van der Waals surface area (Å²) in [4.78, 5) is 2.57. The van der Waals surface area contributed by atoms with Gasteiger partial charge in [-0.3, -0.25) is 0 Å². The van der Waals surface area contributed by atoms with Gasteiger partial charge in [0, 0.05) is 53.4 Å². The molecule has 3 heteroatoms. The molecule has 9 aromatic carbocycles. The lowest BCUT2D eigenvalue weighted by molar-refractivity contribution is 0.442. The number of benzene rings is 9. The first-order valence-corrected chi connectivity index (χ1v) is 25.0. The quantitative estimate of drug-likeness (QED) is 0.148. The van der Waals surface area contributed by atoms with Crippen LogP contribution in [-0.2, 0) is 0 Å². The van der Waals surface area contributed by atoms with Crippen molar-refractivity contribution in [2.45, 2.75) is 50.9 Å². The van der Waals surface area contributed by atoms with Crippen LogP contribution in [-0.4, -0.2) is 4.57 Å². The summed E-state index contributed by atoms with van der Waals surface area (Å²) >= 11 is 1.90. The van der Waals surface area contributed by atoms with Gasteiger partial charge in [-0.05, 0) is 131 Å². The standard InChI is InChI=1S/C64H50N2S/c1-3-19-43(20-4-1)50-31-16-21-44-22-17-33-55(63(44)50)52-28-8-12-36-59(52)66(48-26-15-23-45(41-48)51-32-18-34-56-54-30-10-14-38-62(54)67-64(51)56)58-35-11-7-27-49(58)46-39-40-61-57(42-46)53-29-9-13-37-60(53)65(61)47-24-5-2-6-25-47/h2,5-16,18,21-32,34-43H,1,3-4,17,19-20,33H2. The second-order valence-electron chi connectivity index (χ2n) is 18.5. The molecule has 1 fully saturated rings. The Morgan fingerprint density at radius 1 is 0.478 bits per heavy atom. The van der Waals surface area contributed by atoms with Gasteiger partial charge in [0.2, 0.25) is 0 Å². The number of nitrogens with zero attached hydrogens (tertiary/aromatic N) is 2. The number of fused-ring (bicyclic) bond motifs is 7. The molecule has 0 aliphatic heterocycles. The van der Waals surface area contributed by atoms with Crippen LogP contribution in [0.1, 0.15) is 62.0 Å². The molecule has 0 spiro atoms. The number of aromatic nitrogens is 1. The zero-order valence-electron chi connectivity index (χ0n) is 37.5. The lowest BCUT2D eigenvalue weighted by Crippen LogP contribution is -2.35. The van der Waals surface area contributed by atoms with Crippen LogP contribution in [0.15, 0.2) is 206 Å². The van der Waals surface area contributed by atoms with Crippen LogP contribution in [0.25, 0.3) is 81.6 Å². The molecule has 322 valence electrons. The molecule has 2 aromatic heterocycles. The van der Waals surface area contributed by atoms with Crippen molar-refractivity contribution in [1.29, 1.82) is 0 Å². The van der Waals surface area contributed by atoms with Gasteiger partial charge in [-0.15, -0.1) is 11.3 Å². The number of hydrogen-bond donors (Lipinski definition) is 0. The van der Waals surface area contributed by atoms with Gasteiger partial charge in [-0.1, -0.05) is 171 Å². The van der Waals surface area contributed by atoms with Crippen molar-refractivity contribution in [2.24, 2.45) is 0 Å². The Hall–Kier alpha value is -7.46. The summed E-state index contributed by atoms with van der Waals surface area (Å²) in [6.07, 6.45) is 11.1. The van der Waals surface area contributed by atoms with E-state index in [0.29, 0.717) is 5.92 Å². The van der Waals surface area contributed by atoms with Gasteiger partial charge in [-0.2, -0.15) is 0 Å². The summed E-state index contributed by atoms with van der Waals surface area (Å²) in [6.45, 7) is 0. The Labute approximate surface area is 396 Å². The van der Waals surface area contributed by atoms with Crippen LogP contribution in [0.2, 0.25) is 0 Å². The Bertz CT molecular complexity index is 3810. The molecule has 0 N–H and O–H groups in total. The van der Waals surface area contributed by atoms with Gasteiger partial charge in [0.1, 0.15) is 0 Å². The molecule has 0 unspecified atom stereocenters. The van der Waals surface area contributed by atoms with Gasteiger partial charge >= 0.3 is 0 Å². The average Bonchev–Trinajstić information content (AvgIpc) is 3.95. The number of para-hydroxylation sites is 4. The van der Waals surface area contributed by atoms with Crippen LogP contribution >= 0.6 is 11.3 Å². The zero-order chi connectivity index (χ0) is 44.3. The minimum Gasteiger partial charge on any atom is -0.309 e. The van der Waals surface area contributed by atoms with Gasteiger partial charge in [0.15, 0.2) is 0 Å². The number of thiophene rings is 1. The number of anilines is 3. The normalized spacial score (nSPS) is 14.2. The summed E-state index contributed by atoms with van der Waals surface area (Å²) in [5, 5.41) is 8.02. The third-order valence-electron chi connectivity index (χ3n) is 14.7. The second kappa shape index (κ2) is 16.8. The summed E-state index contributed by atoms with van der Waals surface area (Å²) in [5.41, 5.74) is 16.3. The predicted molar refractivity (Wildman–Crippen MR) is 287 cm³/mol. The zero-order valence-corrected chi connectivity index (χ0v) is 38.4. The molecule has 0 bridgehead atoms. The summed E-state index contributed by atoms with van der Waals surface area (Å²) < 4.78 is 5.06. The highest BCUT2D eigenvalue weighted by molar-refractivity contribution is 7.26. The van der Waals surface area contributed by atoms with E-state index < -0.39 is 0 Å². The maximum atomic E-state index is 2.57. The first-order valence-electron chi connectivity index (χ1n) is 24.2. The molecule has 0 atom stereocenters. The van der Waals surface area contributed by atoms with E-state index in [0.717, 1.165) is 24.2 Å². The minimum absolute atomic E-state index is 0.602. The molecular formula is C64H50N2S.